The molecule has 2 aromatic carbocycles. The molecule has 2 heteroatoms. The second-order valence-electron chi connectivity index (χ2n) is 4.29. The first kappa shape index (κ1) is 12.8. The molecule has 2 rings (SSSR count). The van der Waals surface area contributed by atoms with Gasteiger partial charge in [-0.05, 0) is 11.1 Å². The highest BCUT2D eigenvalue weighted by molar-refractivity contribution is 5.20. The van der Waals surface area contributed by atoms with Crippen molar-refractivity contribution in [1.82, 2.24) is 5.32 Å². The zero-order chi connectivity index (χ0) is 12.6. The van der Waals surface area contributed by atoms with E-state index in [2.05, 4.69) is 53.8 Å². The predicted molar refractivity (Wildman–Crippen MR) is 74.3 cm³/mol. The highest BCUT2D eigenvalue weighted by Crippen LogP contribution is 2.13. The fraction of sp³-hybridized carbons (Fsp3) is 0.250. The van der Waals surface area contributed by atoms with Crippen LogP contribution >= 0.6 is 0 Å². The lowest BCUT2D eigenvalue weighted by Gasteiger charge is -2.18. The number of methoxy groups -OCH3 is 1. The van der Waals surface area contributed by atoms with Crippen LogP contribution < -0.4 is 5.32 Å². The van der Waals surface area contributed by atoms with Gasteiger partial charge in [-0.1, -0.05) is 60.7 Å². The van der Waals surface area contributed by atoms with E-state index in [1.165, 1.54) is 11.1 Å². The molecule has 0 aliphatic rings. The Bertz CT molecular complexity index is 441. The van der Waals surface area contributed by atoms with Gasteiger partial charge in [0.25, 0.3) is 0 Å². The third-order valence-electron chi connectivity index (χ3n) is 2.93. The standard InChI is InChI=1S/C16H19NO/c1-18-13-16(15-10-6-3-7-11-15)17-12-14-8-4-2-5-9-14/h2-11,16-17H,12-13H2,1H3/t16-/m0/s1. The summed E-state index contributed by atoms with van der Waals surface area (Å²) in [6.07, 6.45) is 0. The number of benzene rings is 2. The largest absolute Gasteiger partial charge is 0.383 e. The summed E-state index contributed by atoms with van der Waals surface area (Å²) in [4.78, 5) is 0. The van der Waals surface area contributed by atoms with Gasteiger partial charge in [0, 0.05) is 13.7 Å². The number of hydrogen-bond acceptors (Lipinski definition) is 2. The van der Waals surface area contributed by atoms with Gasteiger partial charge in [0.2, 0.25) is 0 Å². The third-order valence-corrected chi connectivity index (χ3v) is 2.93. The summed E-state index contributed by atoms with van der Waals surface area (Å²) in [5.41, 5.74) is 2.55. The average molecular weight is 241 g/mol. The van der Waals surface area contributed by atoms with Crippen molar-refractivity contribution in [3.8, 4) is 0 Å². The summed E-state index contributed by atoms with van der Waals surface area (Å²) >= 11 is 0. The molecule has 0 fully saturated rings. The van der Waals surface area contributed by atoms with Gasteiger partial charge < -0.3 is 10.1 Å². The van der Waals surface area contributed by atoms with Crippen LogP contribution in [0.4, 0.5) is 0 Å². The van der Waals surface area contributed by atoms with Crippen LogP contribution in [0.5, 0.6) is 0 Å². The molecule has 0 heterocycles. The highest BCUT2D eigenvalue weighted by atomic mass is 16.5. The molecule has 0 spiro atoms. The molecule has 0 saturated carbocycles. The van der Waals surface area contributed by atoms with Gasteiger partial charge in [-0.15, -0.1) is 0 Å². The molecule has 0 unspecified atom stereocenters. The summed E-state index contributed by atoms with van der Waals surface area (Å²) < 4.78 is 5.28. The lowest BCUT2D eigenvalue weighted by atomic mass is 10.1. The molecule has 0 radical (unpaired) electrons. The molecule has 94 valence electrons. The SMILES string of the molecule is COC[C@H](NCc1ccccc1)c1ccccc1. The van der Waals surface area contributed by atoms with Gasteiger partial charge >= 0.3 is 0 Å². The van der Waals surface area contributed by atoms with Gasteiger partial charge in [0.1, 0.15) is 0 Å². The minimum atomic E-state index is 0.233. The summed E-state index contributed by atoms with van der Waals surface area (Å²) in [7, 11) is 1.74. The Hall–Kier alpha value is -1.64. The Morgan fingerprint density at radius 2 is 1.56 bits per heavy atom. The molecule has 0 aromatic heterocycles. The van der Waals surface area contributed by atoms with Crippen molar-refractivity contribution in [2.45, 2.75) is 12.6 Å². The maximum Gasteiger partial charge on any atom is 0.0657 e. The fourth-order valence-electron chi connectivity index (χ4n) is 1.96. The van der Waals surface area contributed by atoms with Crippen molar-refractivity contribution >= 4 is 0 Å². The summed E-state index contributed by atoms with van der Waals surface area (Å²) in [5.74, 6) is 0. The number of rotatable bonds is 6. The van der Waals surface area contributed by atoms with E-state index in [9.17, 15) is 0 Å². The van der Waals surface area contributed by atoms with Crippen molar-refractivity contribution in [2.75, 3.05) is 13.7 Å². The maximum atomic E-state index is 5.28. The fourth-order valence-corrected chi connectivity index (χ4v) is 1.96. The van der Waals surface area contributed by atoms with E-state index in [4.69, 9.17) is 4.74 Å². The molecule has 1 N–H and O–H groups in total. The summed E-state index contributed by atoms with van der Waals surface area (Å²) in [5, 5.41) is 3.53. The Balaban J connectivity index is 1.99. The van der Waals surface area contributed by atoms with Crippen LogP contribution in [0.2, 0.25) is 0 Å². The molecule has 0 amide bonds. The van der Waals surface area contributed by atoms with Crippen LogP contribution in [-0.2, 0) is 11.3 Å². The van der Waals surface area contributed by atoms with Crippen LogP contribution in [0.1, 0.15) is 17.2 Å². The quantitative estimate of drug-likeness (QED) is 0.838. The summed E-state index contributed by atoms with van der Waals surface area (Å²) in [6.45, 7) is 1.53. The van der Waals surface area contributed by atoms with Crippen LogP contribution in [-0.4, -0.2) is 13.7 Å². The van der Waals surface area contributed by atoms with Crippen LogP contribution in [0.15, 0.2) is 60.7 Å². The van der Waals surface area contributed by atoms with E-state index in [0.717, 1.165) is 6.54 Å². The van der Waals surface area contributed by atoms with Crippen LogP contribution in [0, 0.1) is 0 Å². The van der Waals surface area contributed by atoms with Crippen molar-refractivity contribution in [1.29, 1.82) is 0 Å². The second kappa shape index (κ2) is 6.94. The summed E-state index contributed by atoms with van der Waals surface area (Å²) in [6, 6.07) is 21.0. The Morgan fingerprint density at radius 1 is 0.944 bits per heavy atom. The van der Waals surface area contributed by atoms with Gasteiger partial charge in [0.15, 0.2) is 0 Å². The molecule has 0 aliphatic carbocycles. The molecule has 1 atom stereocenters. The van der Waals surface area contributed by atoms with Crippen molar-refractivity contribution in [2.24, 2.45) is 0 Å². The Kier molecular flexibility index (Phi) is 4.94. The zero-order valence-corrected chi connectivity index (χ0v) is 10.7. The number of nitrogens with one attached hydrogen (secondary N) is 1. The molecule has 0 aliphatic heterocycles. The Labute approximate surface area is 109 Å². The predicted octanol–water partition coefficient (Wildman–Crippen LogP) is 3.16. The van der Waals surface area contributed by atoms with Gasteiger partial charge in [0.05, 0.1) is 12.6 Å². The first-order valence-corrected chi connectivity index (χ1v) is 6.21. The topological polar surface area (TPSA) is 21.3 Å². The molecular formula is C16H19NO. The molecule has 0 saturated heterocycles. The van der Waals surface area contributed by atoms with E-state index in [0.29, 0.717) is 6.61 Å². The van der Waals surface area contributed by atoms with Gasteiger partial charge in [-0.25, -0.2) is 0 Å². The van der Waals surface area contributed by atoms with Crippen LogP contribution in [0.3, 0.4) is 0 Å². The minimum Gasteiger partial charge on any atom is -0.383 e. The molecule has 18 heavy (non-hydrogen) atoms. The average Bonchev–Trinajstić information content (AvgIpc) is 2.45. The van der Waals surface area contributed by atoms with E-state index in [-0.39, 0.29) is 6.04 Å². The monoisotopic (exact) mass is 241 g/mol. The first-order chi connectivity index (χ1) is 8.90. The lowest BCUT2D eigenvalue weighted by molar-refractivity contribution is 0.166. The molecule has 0 bridgehead atoms. The normalized spacial score (nSPS) is 12.3. The van der Waals surface area contributed by atoms with E-state index in [1.54, 1.807) is 7.11 Å². The van der Waals surface area contributed by atoms with E-state index < -0.39 is 0 Å². The Morgan fingerprint density at radius 3 is 2.17 bits per heavy atom. The van der Waals surface area contributed by atoms with Crippen molar-refractivity contribution < 1.29 is 4.74 Å². The minimum absolute atomic E-state index is 0.233. The van der Waals surface area contributed by atoms with Gasteiger partial charge in [-0.2, -0.15) is 0 Å². The van der Waals surface area contributed by atoms with Crippen LogP contribution in [0.25, 0.3) is 0 Å². The third kappa shape index (κ3) is 3.69. The van der Waals surface area contributed by atoms with Crippen molar-refractivity contribution in [3.05, 3.63) is 71.8 Å². The lowest BCUT2D eigenvalue weighted by Crippen LogP contribution is -2.24. The van der Waals surface area contributed by atoms with Crippen molar-refractivity contribution in [3.63, 3.8) is 0 Å². The van der Waals surface area contributed by atoms with E-state index >= 15 is 0 Å². The number of hydrogen-bond donors (Lipinski definition) is 1. The van der Waals surface area contributed by atoms with E-state index in [1.807, 2.05) is 12.1 Å². The first-order valence-electron chi connectivity index (χ1n) is 6.21. The molecule has 2 aromatic rings. The number of ether oxygens (including phenoxy) is 1. The zero-order valence-electron chi connectivity index (χ0n) is 10.7. The second-order valence-corrected chi connectivity index (χ2v) is 4.29. The maximum absolute atomic E-state index is 5.28. The molecule has 2 nitrogen and oxygen atoms in total. The van der Waals surface area contributed by atoms with Gasteiger partial charge in [-0.3, -0.25) is 0 Å². The smallest absolute Gasteiger partial charge is 0.0657 e. The molecular weight excluding hydrogens is 222 g/mol. The highest BCUT2D eigenvalue weighted by Gasteiger charge is 2.09.